The fraction of sp³-hybridized carbons (Fsp3) is 0.643. The molecule has 2 nitrogen and oxygen atoms in total. The number of allylic oxidation sites excluding steroid dienone is 4. The van der Waals surface area contributed by atoms with E-state index >= 15 is 0 Å². The van der Waals surface area contributed by atoms with E-state index in [1.54, 1.807) is 6.08 Å². The van der Waals surface area contributed by atoms with Crippen LogP contribution in [0.25, 0.3) is 0 Å². The summed E-state index contributed by atoms with van der Waals surface area (Å²) in [6.07, 6.45) is 7.94. The average molecular weight is 223 g/mol. The Morgan fingerprint density at radius 2 is 1.94 bits per heavy atom. The molecule has 16 heavy (non-hydrogen) atoms. The molecule has 0 bridgehead atoms. The molecule has 0 aromatic carbocycles. The summed E-state index contributed by atoms with van der Waals surface area (Å²) in [6.45, 7) is 9.01. The second kappa shape index (κ2) is 9.20. The van der Waals surface area contributed by atoms with Crippen molar-refractivity contribution in [2.45, 2.75) is 53.4 Å². The van der Waals surface area contributed by atoms with Crippen molar-refractivity contribution < 1.29 is 4.79 Å². The Labute approximate surface area is 99.8 Å². The van der Waals surface area contributed by atoms with Gasteiger partial charge >= 0.3 is 0 Å². The number of nitrogens with one attached hydrogen (secondary N) is 1. The molecule has 0 spiro atoms. The minimum Gasteiger partial charge on any atom is -0.388 e. The summed E-state index contributed by atoms with van der Waals surface area (Å²) >= 11 is 0. The molecule has 2 heteroatoms. The lowest BCUT2D eigenvalue weighted by Crippen LogP contribution is -2.16. The molecule has 0 saturated carbocycles. The zero-order chi connectivity index (χ0) is 12.4. The maximum Gasteiger partial charge on any atom is 0.182 e. The maximum atomic E-state index is 11.7. The van der Waals surface area contributed by atoms with Gasteiger partial charge < -0.3 is 5.32 Å². The molecule has 0 heterocycles. The van der Waals surface area contributed by atoms with E-state index in [1.165, 1.54) is 6.42 Å². The molecule has 1 N–H and O–H groups in total. The van der Waals surface area contributed by atoms with E-state index in [2.05, 4.69) is 19.2 Å². The first-order chi connectivity index (χ1) is 7.65. The largest absolute Gasteiger partial charge is 0.388 e. The van der Waals surface area contributed by atoms with Crippen molar-refractivity contribution in [2.24, 2.45) is 0 Å². The van der Waals surface area contributed by atoms with Crippen LogP contribution in [0, 0.1) is 0 Å². The Hall–Kier alpha value is -1.05. The van der Waals surface area contributed by atoms with E-state index in [4.69, 9.17) is 0 Å². The first-order valence-electron chi connectivity index (χ1n) is 6.27. The maximum absolute atomic E-state index is 11.7. The van der Waals surface area contributed by atoms with Crippen LogP contribution in [0.2, 0.25) is 0 Å². The lowest BCUT2D eigenvalue weighted by atomic mass is 10.1. The molecule has 0 aliphatic heterocycles. The standard InChI is InChI=1S/C14H25NO/c1-5-8-10-15-13(9-6-2)11-14(16)12(4)7-3/h7,11,15H,5-6,8-10H2,1-4H3/b12-7+,13-11-. The summed E-state index contributed by atoms with van der Waals surface area (Å²) in [5, 5.41) is 3.34. The van der Waals surface area contributed by atoms with Gasteiger partial charge in [0, 0.05) is 18.3 Å². The van der Waals surface area contributed by atoms with Crippen LogP contribution >= 0.6 is 0 Å². The lowest BCUT2D eigenvalue weighted by molar-refractivity contribution is -0.111. The third-order valence-electron chi connectivity index (χ3n) is 2.53. The van der Waals surface area contributed by atoms with E-state index < -0.39 is 0 Å². The van der Waals surface area contributed by atoms with Crippen LogP contribution in [0.3, 0.4) is 0 Å². The zero-order valence-electron chi connectivity index (χ0n) is 11.1. The van der Waals surface area contributed by atoms with Crippen molar-refractivity contribution in [3.8, 4) is 0 Å². The molecule has 0 radical (unpaired) electrons. The van der Waals surface area contributed by atoms with Gasteiger partial charge in [0.15, 0.2) is 5.78 Å². The van der Waals surface area contributed by atoms with E-state index in [-0.39, 0.29) is 5.78 Å². The number of carbonyl (C=O) groups is 1. The van der Waals surface area contributed by atoms with Crippen LogP contribution in [0.1, 0.15) is 53.4 Å². The van der Waals surface area contributed by atoms with Crippen LogP contribution in [0.5, 0.6) is 0 Å². The molecule has 0 rings (SSSR count). The van der Waals surface area contributed by atoms with E-state index in [0.29, 0.717) is 0 Å². The van der Waals surface area contributed by atoms with Crippen LogP contribution < -0.4 is 5.32 Å². The molecular formula is C14H25NO. The van der Waals surface area contributed by atoms with Crippen molar-refractivity contribution >= 4 is 5.78 Å². The summed E-state index contributed by atoms with van der Waals surface area (Å²) in [4.78, 5) is 11.7. The van der Waals surface area contributed by atoms with Crippen molar-refractivity contribution in [3.05, 3.63) is 23.4 Å². The molecule has 0 aromatic rings. The lowest BCUT2D eigenvalue weighted by Gasteiger charge is -2.09. The van der Waals surface area contributed by atoms with Gasteiger partial charge in [0.25, 0.3) is 0 Å². The minimum atomic E-state index is 0.120. The van der Waals surface area contributed by atoms with E-state index in [0.717, 1.165) is 37.1 Å². The van der Waals surface area contributed by atoms with Crippen molar-refractivity contribution in [1.29, 1.82) is 0 Å². The molecular weight excluding hydrogens is 198 g/mol. The summed E-state index contributed by atoms with van der Waals surface area (Å²) in [7, 11) is 0. The number of hydrogen-bond donors (Lipinski definition) is 1. The Morgan fingerprint density at radius 1 is 1.25 bits per heavy atom. The van der Waals surface area contributed by atoms with E-state index in [9.17, 15) is 4.79 Å². The summed E-state index contributed by atoms with van der Waals surface area (Å²) in [5.41, 5.74) is 1.88. The SMILES string of the molecule is C/C=C(\C)C(=O)/C=C(/CCC)NCCCC. The van der Waals surface area contributed by atoms with Gasteiger partial charge in [-0.25, -0.2) is 0 Å². The number of carbonyl (C=O) groups excluding carboxylic acids is 1. The molecule has 0 aromatic heterocycles. The van der Waals surface area contributed by atoms with Gasteiger partial charge in [-0.15, -0.1) is 0 Å². The molecule has 0 aliphatic carbocycles. The van der Waals surface area contributed by atoms with Crippen LogP contribution in [0.4, 0.5) is 0 Å². The highest BCUT2D eigenvalue weighted by molar-refractivity contribution is 6.03. The summed E-state index contributed by atoms with van der Waals surface area (Å²) in [5.74, 6) is 0.120. The van der Waals surface area contributed by atoms with Gasteiger partial charge in [0.2, 0.25) is 0 Å². The van der Waals surface area contributed by atoms with Gasteiger partial charge in [0.1, 0.15) is 0 Å². The number of ketones is 1. The topological polar surface area (TPSA) is 29.1 Å². The molecule has 0 saturated heterocycles. The highest BCUT2D eigenvalue weighted by Crippen LogP contribution is 2.05. The smallest absolute Gasteiger partial charge is 0.182 e. The summed E-state index contributed by atoms with van der Waals surface area (Å²) < 4.78 is 0. The average Bonchev–Trinajstić information content (AvgIpc) is 2.28. The van der Waals surface area contributed by atoms with Crippen molar-refractivity contribution in [1.82, 2.24) is 5.32 Å². The van der Waals surface area contributed by atoms with Gasteiger partial charge in [0.05, 0.1) is 0 Å². The fourth-order valence-corrected chi connectivity index (χ4v) is 1.32. The molecule has 92 valence electrons. The highest BCUT2D eigenvalue weighted by Gasteiger charge is 2.02. The predicted molar refractivity (Wildman–Crippen MR) is 70.3 cm³/mol. The molecule has 0 aliphatic rings. The number of unbranched alkanes of at least 4 members (excludes halogenated alkanes) is 1. The normalized spacial score (nSPS) is 12.8. The first kappa shape index (κ1) is 14.9. The quantitative estimate of drug-likeness (QED) is 0.503. The van der Waals surface area contributed by atoms with Crippen molar-refractivity contribution in [3.63, 3.8) is 0 Å². The molecule has 0 fully saturated rings. The zero-order valence-corrected chi connectivity index (χ0v) is 11.1. The number of rotatable bonds is 8. The van der Waals surface area contributed by atoms with Crippen LogP contribution in [0.15, 0.2) is 23.4 Å². The van der Waals surface area contributed by atoms with Crippen LogP contribution in [-0.4, -0.2) is 12.3 Å². The monoisotopic (exact) mass is 223 g/mol. The van der Waals surface area contributed by atoms with Gasteiger partial charge in [-0.1, -0.05) is 32.8 Å². The van der Waals surface area contributed by atoms with Crippen molar-refractivity contribution in [2.75, 3.05) is 6.54 Å². The van der Waals surface area contributed by atoms with Crippen LogP contribution in [-0.2, 0) is 4.79 Å². The molecule has 0 amide bonds. The minimum absolute atomic E-state index is 0.120. The highest BCUT2D eigenvalue weighted by atomic mass is 16.1. The third kappa shape index (κ3) is 6.44. The Balaban J connectivity index is 4.38. The number of hydrogen-bond acceptors (Lipinski definition) is 2. The summed E-state index contributed by atoms with van der Waals surface area (Å²) in [6, 6.07) is 0. The second-order valence-electron chi connectivity index (χ2n) is 4.04. The van der Waals surface area contributed by atoms with E-state index in [1.807, 2.05) is 19.9 Å². The molecule has 0 atom stereocenters. The second-order valence-corrected chi connectivity index (χ2v) is 4.04. The Morgan fingerprint density at radius 3 is 2.44 bits per heavy atom. The van der Waals surface area contributed by atoms with Gasteiger partial charge in [-0.2, -0.15) is 0 Å². The third-order valence-corrected chi connectivity index (χ3v) is 2.53. The fourth-order valence-electron chi connectivity index (χ4n) is 1.32. The first-order valence-corrected chi connectivity index (χ1v) is 6.27. The Bertz CT molecular complexity index is 264. The van der Waals surface area contributed by atoms with Gasteiger partial charge in [-0.3, -0.25) is 4.79 Å². The Kier molecular flexibility index (Phi) is 8.59. The predicted octanol–water partition coefficient (Wildman–Crippen LogP) is 3.60. The van der Waals surface area contributed by atoms with Gasteiger partial charge in [-0.05, 0) is 32.3 Å². The molecule has 0 unspecified atom stereocenters.